The van der Waals surface area contributed by atoms with Gasteiger partial charge >= 0.3 is 0 Å². The fourth-order valence-corrected chi connectivity index (χ4v) is 2.82. The number of benzene rings is 1. The maximum absolute atomic E-state index is 8.88. The molecule has 5 heteroatoms. The minimum absolute atomic E-state index is 0.162. The smallest absolute Gasteiger partial charge is 0.172 e. The Labute approximate surface area is 116 Å². The highest BCUT2D eigenvalue weighted by molar-refractivity contribution is 9.10. The molecule has 1 aromatic rings. The van der Waals surface area contributed by atoms with Crippen LogP contribution < -0.4 is 10.6 Å². The van der Waals surface area contributed by atoms with Gasteiger partial charge < -0.3 is 15.8 Å². The molecule has 1 aromatic carbocycles. The van der Waals surface area contributed by atoms with Crippen molar-refractivity contribution >= 4 is 27.5 Å². The highest BCUT2D eigenvalue weighted by atomic mass is 79.9. The molecule has 4 nitrogen and oxygen atoms in total. The third-order valence-corrected chi connectivity index (χ3v) is 3.95. The molecule has 0 aliphatic carbocycles. The van der Waals surface area contributed by atoms with Crippen LogP contribution in [0.15, 0.2) is 27.8 Å². The first-order chi connectivity index (χ1) is 8.63. The van der Waals surface area contributed by atoms with Crippen molar-refractivity contribution in [1.82, 2.24) is 0 Å². The fraction of sp³-hybridized carbons (Fsp3) is 0.462. The molecule has 18 heavy (non-hydrogen) atoms. The maximum atomic E-state index is 8.88. The molecule has 1 atom stereocenters. The predicted molar refractivity (Wildman–Crippen MR) is 77.3 cm³/mol. The van der Waals surface area contributed by atoms with Crippen molar-refractivity contribution in [2.45, 2.75) is 32.2 Å². The van der Waals surface area contributed by atoms with Crippen LogP contribution in [0.3, 0.4) is 0 Å². The number of hydrogen-bond acceptors (Lipinski definition) is 3. The number of nitrogens with zero attached hydrogens (tertiary/aromatic N) is 2. The second kappa shape index (κ2) is 5.61. The summed E-state index contributed by atoms with van der Waals surface area (Å²) in [7, 11) is 0. The number of piperidine rings is 1. The number of amidine groups is 1. The molecule has 0 spiro atoms. The highest BCUT2D eigenvalue weighted by Gasteiger charge is 2.22. The van der Waals surface area contributed by atoms with Crippen molar-refractivity contribution < 1.29 is 5.21 Å². The number of oxime groups is 1. The second-order valence-corrected chi connectivity index (χ2v) is 5.60. The molecule has 1 fully saturated rings. The molecule has 1 aliphatic rings. The molecule has 1 aliphatic heterocycles. The average Bonchev–Trinajstić information content (AvgIpc) is 2.38. The summed E-state index contributed by atoms with van der Waals surface area (Å²) in [4.78, 5) is 2.33. The van der Waals surface area contributed by atoms with Crippen molar-refractivity contribution in [1.29, 1.82) is 0 Å². The molecule has 3 N–H and O–H groups in total. The maximum Gasteiger partial charge on any atom is 0.172 e. The molecule has 0 amide bonds. The molecular weight excluding hydrogens is 294 g/mol. The lowest BCUT2D eigenvalue weighted by Crippen LogP contribution is -2.38. The Morgan fingerprint density at radius 3 is 2.94 bits per heavy atom. The monoisotopic (exact) mass is 311 g/mol. The number of rotatable bonds is 2. The van der Waals surface area contributed by atoms with Crippen LogP contribution in [0.25, 0.3) is 0 Å². The Balaban J connectivity index is 2.44. The number of anilines is 1. The van der Waals surface area contributed by atoms with Crippen molar-refractivity contribution in [3.63, 3.8) is 0 Å². The van der Waals surface area contributed by atoms with Crippen LogP contribution in [0.1, 0.15) is 31.7 Å². The number of halogens is 1. The Kier molecular flexibility index (Phi) is 4.11. The van der Waals surface area contributed by atoms with Crippen LogP contribution in [0, 0.1) is 0 Å². The van der Waals surface area contributed by atoms with Gasteiger partial charge in [-0.3, -0.25) is 0 Å². The zero-order valence-electron chi connectivity index (χ0n) is 10.4. The topological polar surface area (TPSA) is 61.8 Å². The van der Waals surface area contributed by atoms with Gasteiger partial charge in [-0.1, -0.05) is 21.1 Å². The molecule has 0 aromatic heterocycles. The summed E-state index contributed by atoms with van der Waals surface area (Å²) in [5.41, 5.74) is 7.58. The van der Waals surface area contributed by atoms with Crippen LogP contribution in [0.5, 0.6) is 0 Å². The number of nitrogens with two attached hydrogens (primary N) is 1. The molecular formula is C13H18BrN3O. The van der Waals surface area contributed by atoms with E-state index in [1.807, 2.05) is 18.2 Å². The van der Waals surface area contributed by atoms with Gasteiger partial charge in [0.1, 0.15) is 0 Å². The van der Waals surface area contributed by atoms with E-state index in [2.05, 4.69) is 32.9 Å². The van der Waals surface area contributed by atoms with Crippen molar-refractivity contribution in [2.75, 3.05) is 11.4 Å². The van der Waals surface area contributed by atoms with E-state index in [1.165, 1.54) is 19.3 Å². The largest absolute Gasteiger partial charge is 0.409 e. The summed E-state index contributed by atoms with van der Waals surface area (Å²) < 4.78 is 1.00. The normalized spacial score (nSPS) is 21.1. The van der Waals surface area contributed by atoms with Gasteiger partial charge in [-0.2, -0.15) is 0 Å². The molecule has 1 heterocycles. The first-order valence-corrected chi connectivity index (χ1v) is 6.97. The van der Waals surface area contributed by atoms with Crippen LogP contribution in [0.2, 0.25) is 0 Å². The molecule has 1 unspecified atom stereocenters. The Morgan fingerprint density at radius 2 is 2.28 bits per heavy atom. The zero-order chi connectivity index (χ0) is 13.1. The van der Waals surface area contributed by atoms with E-state index in [1.54, 1.807) is 0 Å². The first-order valence-electron chi connectivity index (χ1n) is 6.17. The highest BCUT2D eigenvalue weighted by Crippen LogP contribution is 2.30. The molecule has 0 radical (unpaired) electrons. The SMILES string of the molecule is CC1CCCCN1c1cc(Br)ccc1/C(N)=N/O. The van der Waals surface area contributed by atoms with Gasteiger partial charge in [-0.15, -0.1) is 0 Å². The summed E-state index contributed by atoms with van der Waals surface area (Å²) in [5, 5.41) is 12.0. The first kappa shape index (κ1) is 13.2. The van der Waals surface area contributed by atoms with Crippen LogP contribution in [0.4, 0.5) is 5.69 Å². The lowest BCUT2D eigenvalue weighted by atomic mass is 10.0. The van der Waals surface area contributed by atoms with Crippen molar-refractivity contribution in [3.05, 3.63) is 28.2 Å². The van der Waals surface area contributed by atoms with Crippen LogP contribution in [-0.2, 0) is 0 Å². The molecule has 0 bridgehead atoms. The molecule has 1 saturated heterocycles. The van der Waals surface area contributed by atoms with E-state index in [9.17, 15) is 0 Å². The lowest BCUT2D eigenvalue weighted by Gasteiger charge is -2.36. The van der Waals surface area contributed by atoms with E-state index >= 15 is 0 Å². The third-order valence-electron chi connectivity index (χ3n) is 3.46. The van der Waals surface area contributed by atoms with Gasteiger partial charge in [-0.05, 0) is 44.4 Å². The zero-order valence-corrected chi connectivity index (χ0v) is 12.0. The Hall–Kier alpha value is -1.23. The van der Waals surface area contributed by atoms with Gasteiger partial charge in [0, 0.05) is 28.3 Å². The van der Waals surface area contributed by atoms with Gasteiger partial charge in [0.2, 0.25) is 0 Å². The molecule has 2 rings (SSSR count). The minimum atomic E-state index is 0.162. The van der Waals surface area contributed by atoms with Crippen LogP contribution in [-0.4, -0.2) is 23.6 Å². The third kappa shape index (κ3) is 2.61. The van der Waals surface area contributed by atoms with Crippen LogP contribution >= 0.6 is 15.9 Å². The van der Waals surface area contributed by atoms with Crippen molar-refractivity contribution in [3.8, 4) is 0 Å². The van der Waals surface area contributed by atoms with Gasteiger partial charge in [0.05, 0.1) is 0 Å². The fourth-order valence-electron chi connectivity index (χ4n) is 2.47. The van der Waals surface area contributed by atoms with E-state index in [4.69, 9.17) is 10.9 Å². The average molecular weight is 312 g/mol. The quantitative estimate of drug-likeness (QED) is 0.382. The molecule has 98 valence electrons. The Bertz CT molecular complexity index is 462. The van der Waals surface area contributed by atoms with Crippen molar-refractivity contribution in [2.24, 2.45) is 10.9 Å². The van der Waals surface area contributed by atoms with E-state index < -0.39 is 0 Å². The lowest BCUT2D eigenvalue weighted by molar-refractivity contribution is 0.318. The standard InChI is InChI=1S/C13H18BrN3O/c1-9-4-2-3-7-17(9)12-8-10(14)5-6-11(12)13(15)16-18/h5-6,8-9,18H,2-4,7H2,1H3,(H2,15,16). The summed E-state index contributed by atoms with van der Waals surface area (Å²) in [6.45, 7) is 3.24. The molecule has 0 saturated carbocycles. The predicted octanol–water partition coefficient (Wildman–Crippen LogP) is 2.92. The summed E-state index contributed by atoms with van der Waals surface area (Å²) in [6.07, 6.45) is 3.64. The Morgan fingerprint density at radius 1 is 1.50 bits per heavy atom. The van der Waals surface area contributed by atoms with E-state index in [-0.39, 0.29) is 5.84 Å². The van der Waals surface area contributed by atoms with E-state index in [0.717, 1.165) is 22.3 Å². The summed E-state index contributed by atoms with van der Waals surface area (Å²) in [6, 6.07) is 6.31. The van der Waals surface area contributed by atoms with E-state index in [0.29, 0.717) is 6.04 Å². The summed E-state index contributed by atoms with van der Waals surface area (Å²) >= 11 is 3.48. The minimum Gasteiger partial charge on any atom is -0.409 e. The van der Waals surface area contributed by atoms with Gasteiger partial charge in [-0.25, -0.2) is 0 Å². The van der Waals surface area contributed by atoms with Gasteiger partial charge in [0.15, 0.2) is 5.84 Å². The number of hydrogen-bond donors (Lipinski definition) is 2. The summed E-state index contributed by atoms with van der Waals surface area (Å²) in [5.74, 6) is 0.162. The second-order valence-electron chi connectivity index (χ2n) is 4.68. The van der Waals surface area contributed by atoms with Gasteiger partial charge in [0.25, 0.3) is 0 Å².